The van der Waals surface area contributed by atoms with E-state index in [1.807, 2.05) is 17.1 Å². The van der Waals surface area contributed by atoms with Gasteiger partial charge in [0.2, 0.25) is 0 Å². The summed E-state index contributed by atoms with van der Waals surface area (Å²) < 4.78 is 42.0. The van der Waals surface area contributed by atoms with E-state index in [1.54, 1.807) is 4.57 Å². The van der Waals surface area contributed by atoms with E-state index in [9.17, 15) is 13.2 Å². The number of aryl methyl sites for hydroxylation is 1. The van der Waals surface area contributed by atoms with Gasteiger partial charge >= 0.3 is 6.18 Å². The van der Waals surface area contributed by atoms with Gasteiger partial charge in [0.1, 0.15) is 5.82 Å². The van der Waals surface area contributed by atoms with E-state index in [2.05, 4.69) is 40.3 Å². The van der Waals surface area contributed by atoms with E-state index in [-0.39, 0.29) is 12.0 Å². The third kappa shape index (κ3) is 3.76. The molecule has 9 heteroatoms. The lowest BCUT2D eigenvalue weighted by molar-refractivity contribution is -0.141. The maximum Gasteiger partial charge on any atom is 0.434 e. The van der Waals surface area contributed by atoms with Gasteiger partial charge in [-0.3, -0.25) is 0 Å². The smallest absolute Gasteiger partial charge is 0.334 e. The number of imidazole rings is 1. The lowest BCUT2D eigenvalue weighted by Crippen LogP contribution is -2.29. The molecule has 1 aliphatic heterocycles. The molecule has 0 bridgehead atoms. The normalized spacial score (nSPS) is 17.4. The molecule has 150 valence electrons. The largest absolute Gasteiger partial charge is 0.434 e. The Kier molecular flexibility index (Phi) is 4.86. The van der Waals surface area contributed by atoms with Crippen molar-refractivity contribution in [2.75, 3.05) is 6.54 Å². The van der Waals surface area contributed by atoms with Gasteiger partial charge in [-0.25, -0.2) is 14.6 Å². The molecule has 0 aliphatic carbocycles. The molecule has 0 fully saturated rings. The Balaban J connectivity index is 1.34. The average Bonchev–Trinajstić information content (AvgIpc) is 3.24. The summed E-state index contributed by atoms with van der Waals surface area (Å²) in [7, 11) is 0. The summed E-state index contributed by atoms with van der Waals surface area (Å²) in [6.07, 6.45) is 1.83. The number of alkyl halides is 3. The van der Waals surface area contributed by atoms with Crippen LogP contribution < -0.4 is 5.32 Å². The van der Waals surface area contributed by atoms with Gasteiger partial charge in [-0.2, -0.15) is 18.3 Å². The van der Waals surface area contributed by atoms with Crippen molar-refractivity contribution in [2.45, 2.75) is 52.0 Å². The number of hydrogen-bond donors (Lipinski definition) is 1. The molecule has 6 nitrogen and oxygen atoms in total. The fraction of sp³-hybridized carbons (Fsp3) is 0.526. The zero-order valence-corrected chi connectivity index (χ0v) is 15.9. The SMILES string of the molecule is CC(C)n1ncc2cc(CNC[C@H]3CCc4nc(C(F)(F)F)cn4C3)cnc21. The predicted octanol–water partition coefficient (Wildman–Crippen LogP) is 3.58. The van der Waals surface area contributed by atoms with Crippen LogP contribution in [0.2, 0.25) is 0 Å². The van der Waals surface area contributed by atoms with E-state index in [4.69, 9.17) is 0 Å². The van der Waals surface area contributed by atoms with Crippen LogP contribution in [-0.4, -0.2) is 30.9 Å². The van der Waals surface area contributed by atoms with Crippen molar-refractivity contribution >= 4 is 11.0 Å². The van der Waals surface area contributed by atoms with Gasteiger partial charge in [0.15, 0.2) is 11.3 Å². The first kappa shape index (κ1) is 18.9. The minimum absolute atomic E-state index is 0.256. The summed E-state index contributed by atoms with van der Waals surface area (Å²) in [5.41, 5.74) is 1.14. The van der Waals surface area contributed by atoms with E-state index in [0.717, 1.165) is 35.8 Å². The Morgan fingerprint density at radius 2 is 2.11 bits per heavy atom. The molecule has 0 spiro atoms. The molecule has 1 aliphatic rings. The number of pyridine rings is 1. The fourth-order valence-electron chi connectivity index (χ4n) is 3.70. The summed E-state index contributed by atoms with van der Waals surface area (Å²) >= 11 is 0. The summed E-state index contributed by atoms with van der Waals surface area (Å²) in [6.45, 7) is 6.09. The van der Waals surface area contributed by atoms with Gasteiger partial charge in [0.25, 0.3) is 0 Å². The van der Waals surface area contributed by atoms with Crippen molar-refractivity contribution in [3.63, 3.8) is 0 Å². The van der Waals surface area contributed by atoms with Gasteiger partial charge < -0.3 is 9.88 Å². The average molecular weight is 392 g/mol. The van der Waals surface area contributed by atoms with Gasteiger partial charge in [-0.05, 0) is 44.4 Å². The van der Waals surface area contributed by atoms with Crippen LogP contribution in [0.15, 0.2) is 24.7 Å². The summed E-state index contributed by atoms with van der Waals surface area (Å²) in [5, 5.41) is 8.79. The maximum atomic E-state index is 12.8. The van der Waals surface area contributed by atoms with Crippen LogP contribution in [0.5, 0.6) is 0 Å². The Bertz CT molecular complexity index is 972. The summed E-state index contributed by atoms with van der Waals surface area (Å²) in [4.78, 5) is 8.25. The quantitative estimate of drug-likeness (QED) is 0.721. The number of fused-ring (bicyclic) bond motifs is 2. The number of hydrogen-bond acceptors (Lipinski definition) is 4. The molecule has 0 saturated heterocycles. The van der Waals surface area contributed by atoms with Gasteiger partial charge in [0, 0.05) is 43.3 Å². The Morgan fingerprint density at radius 1 is 1.29 bits per heavy atom. The molecule has 0 saturated carbocycles. The van der Waals surface area contributed by atoms with Gasteiger partial charge in [-0.1, -0.05) is 0 Å². The third-order valence-electron chi connectivity index (χ3n) is 5.12. The molecular formula is C19H23F3N6. The Hall–Kier alpha value is -2.42. The molecule has 1 atom stereocenters. The van der Waals surface area contributed by atoms with Crippen LogP contribution in [0.3, 0.4) is 0 Å². The maximum absolute atomic E-state index is 12.8. The lowest BCUT2D eigenvalue weighted by Gasteiger charge is -2.24. The van der Waals surface area contributed by atoms with Gasteiger partial charge in [-0.15, -0.1) is 0 Å². The van der Waals surface area contributed by atoms with Crippen LogP contribution in [0.1, 0.15) is 43.4 Å². The van der Waals surface area contributed by atoms with Gasteiger partial charge in [0.05, 0.1) is 6.20 Å². The predicted molar refractivity (Wildman–Crippen MR) is 98.7 cm³/mol. The van der Waals surface area contributed by atoms with Crippen molar-refractivity contribution < 1.29 is 13.2 Å². The number of rotatable bonds is 5. The molecule has 4 heterocycles. The highest BCUT2D eigenvalue weighted by Crippen LogP contribution is 2.30. The first-order chi connectivity index (χ1) is 13.3. The second-order valence-corrected chi connectivity index (χ2v) is 7.67. The standard InChI is InChI=1S/C19H23F3N6/c1-12(2)28-18-15(9-25-28)5-14(8-24-18)7-23-6-13-3-4-17-26-16(19(20,21)22)11-27(17)10-13/h5,8-9,11-13,23H,3-4,6-7,10H2,1-2H3/t13-/m1/s1. The van der Waals surface area contributed by atoms with Crippen LogP contribution >= 0.6 is 0 Å². The summed E-state index contributed by atoms with van der Waals surface area (Å²) in [6, 6.07) is 2.33. The molecule has 0 amide bonds. The van der Waals surface area contributed by atoms with E-state index in [1.165, 1.54) is 0 Å². The van der Waals surface area contributed by atoms with E-state index < -0.39 is 11.9 Å². The van der Waals surface area contributed by atoms with Crippen molar-refractivity contribution in [1.82, 2.24) is 29.6 Å². The van der Waals surface area contributed by atoms with Crippen LogP contribution in [0, 0.1) is 5.92 Å². The number of nitrogens with one attached hydrogen (secondary N) is 1. The molecule has 3 aromatic rings. The molecule has 0 unspecified atom stereocenters. The van der Waals surface area contributed by atoms with Crippen molar-refractivity contribution in [3.05, 3.63) is 41.7 Å². The highest BCUT2D eigenvalue weighted by Gasteiger charge is 2.35. The Labute approximate surface area is 160 Å². The van der Waals surface area contributed by atoms with Crippen LogP contribution in [-0.2, 0) is 25.7 Å². The second-order valence-electron chi connectivity index (χ2n) is 7.67. The molecule has 0 aromatic carbocycles. The highest BCUT2D eigenvalue weighted by molar-refractivity contribution is 5.75. The molecule has 28 heavy (non-hydrogen) atoms. The second kappa shape index (κ2) is 7.20. The van der Waals surface area contributed by atoms with E-state index in [0.29, 0.717) is 25.3 Å². The highest BCUT2D eigenvalue weighted by atomic mass is 19.4. The molecule has 1 N–H and O–H groups in total. The Morgan fingerprint density at radius 3 is 2.86 bits per heavy atom. The zero-order chi connectivity index (χ0) is 19.9. The summed E-state index contributed by atoms with van der Waals surface area (Å²) in [5.74, 6) is 0.809. The first-order valence-electron chi connectivity index (χ1n) is 9.47. The monoisotopic (exact) mass is 392 g/mol. The minimum atomic E-state index is -4.38. The topological polar surface area (TPSA) is 60.6 Å². The lowest BCUT2D eigenvalue weighted by atomic mass is 9.99. The fourth-order valence-corrected chi connectivity index (χ4v) is 3.70. The van der Waals surface area contributed by atoms with E-state index >= 15 is 0 Å². The molecule has 0 radical (unpaired) electrons. The number of aromatic nitrogens is 5. The molecule has 4 rings (SSSR count). The van der Waals surface area contributed by atoms with Crippen molar-refractivity contribution in [3.8, 4) is 0 Å². The zero-order valence-electron chi connectivity index (χ0n) is 15.9. The number of halogens is 3. The molecular weight excluding hydrogens is 369 g/mol. The third-order valence-corrected chi connectivity index (χ3v) is 5.12. The van der Waals surface area contributed by atoms with Crippen LogP contribution in [0.25, 0.3) is 11.0 Å². The minimum Gasteiger partial charge on any atom is -0.334 e. The van der Waals surface area contributed by atoms with Crippen molar-refractivity contribution in [1.29, 1.82) is 0 Å². The first-order valence-corrected chi connectivity index (χ1v) is 9.47. The van der Waals surface area contributed by atoms with Crippen LogP contribution in [0.4, 0.5) is 13.2 Å². The number of nitrogens with zero attached hydrogens (tertiary/aromatic N) is 5. The molecule has 3 aromatic heterocycles. The van der Waals surface area contributed by atoms with Crippen molar-refractivity contribution in [2.24, 2.45) is 5.92 Å².